The van der Waals surface area contributed by atoms with Gasteiger partial charge in [0.2, 0.25) is 0 Å². The molecule has 4 nitrogen and oxygen atoms in total. The van der Waals surface area contributed by atoms with Crippen LogP contribution >= 0.6 is 0 Å². The summed E-state index contributed by atoms with van der Waals surface area (Å²) < 4.78 is 4.89. The van der Waals surface area contributed by atoms with Crippen molar-refractivity contribution in [2.75, 3.05) is 6.61 Å². The summed E-state index contributed by atoms with van der Waals surface area (Å²) in [7, 11) is 0. The van der Waals surface area contributed by atoms with Crippen LogP contribution in [0.3, 0.4) is 0 Å². The Kier molecular flexibility index (Phi) is 4.41. The zero-order valence-corrected chi connectivity index (χ0v) is 9.82. The van der Waals surface area contributed by atoms with Gasteiger partial charge in [-0.15, -0.1) is 0 Å². The van der Waals surface area contributed by atoms with E-state index in [-0.39, 0.29) is 29.9 Å². The Morgan fingerprint density at radius 2 is 2.12 bits per heavy atom. The molecule has 0 radical (unpaired) electrons. The fourth-order valence-corrected chi connectivity index (χ4v) is 1.55. The normalized spacial score (nSPS) is 9.47. The van der Waals surface area contributed by atoms with E-state index in [1.807, 2.05) is 6.07 Å². The van der Waals surface area contributed by atoms with Crippen molar-refractivity contribution in [3.05, 3.63) is 34.9 Å². The van der Waals surface area contributed by atoms with Crippen LogP contribution in [0.1, 0.15) is 35.3 Å². The number of hydrogen-bond donors (Lipinski definition) is 0. The van der Waals surface area contributed by atoms with Crippen LogP contribution < -0.4 is 0 Å². The smallest absolute Gasteiger partial charge is 0.339 e. The van der Waals surface area contributed by atoms with Crippen molar-refractivity contribution in [3.8, 4) is 6.07 Å². The van der Waals surface area contributed by atoms with Gasteiger partial charge in [0.15, 0.2) is 0 Å². The van der Waals surface area contributed by atoms with Crippen LogP contribution in [0.2, 0.25) is 0 Å². The summed E-state index contributed by atoms with van der Waals surface area (Å²) in [4.78, 5) is 22.9. The van der Waals surface area contributed by atoms with Gasteiger partial charge in [-0.25, -0.2) is 4.79 Å². The summed E-state index contributed by atoms with van der Waals surface area (Å²) in [6, 6.07) is 6.79. The highest BCUT2D eigenvalue weighted by Gasteiger charge is 2.18. The molecule has 0 aliphatic heterocycles. The first-order chi connectivity index (χ1) is 8.10. The Bertz CT molecular complexity index is 486. The first-order valence-corrected chi connectivity index (χ1v) is 5.28. The summed E-state index contributed by atoms with van der Waals surface area (Å²) in [6.07, 6.45) is 0.129. The highest BCUT2D eigenvalue weighted by Crippen LogP contribution is 2.16. The third-order valence-corrected chi connectivity index (χ3v) is 2.19. The van der Waals surface area contributed by atoms with Gasteiger partial charge in [0.05, 0.1) is 17.7 Å². The van der Waals surface area contributed by atoms with Gasteiger partial charge in [0, 0.05) is 6.42 Å². The summed E-state index contributed by atoms with van der Waals surface area (Å²) in [5.41, 5.74) is 0.976. The monoisotopic (exact) mass is 231 g/mol. The molecule has 0 bridgehead atoms. The molecule has 1 rings (SSSR count). The molecule has 88 valence electrons. The molecule has 0 spiro atoms. The molecule has 0 saturated carbocycles. The standard InChI is InChI=1S/C13H13NO3/c1-3-17-13(16)12-10(7-9(2)15)5-4-6-11(12)8-14/h4-6H,3,7H2,1-2H3. The van der Waals surface area contributed by atoms with Crippen molar-refractivity contribution >= 4 is 11.8 Å². The fraction of sp³-hybridized carbons (Fsp3) is 0.308. The number of ketones is 1. The Labute approximate surface area is 99.8 Å². The minimum atomic E-state index is -0.555. The van der Waals surface area contributed by atoms with Gasteiger partial charge in [-0.1, -0.05) is 12.1 Å². The topological polar surface area (TPSA) is 67.2 Å². The van der Waals surface area contributed by atoms with Crippen molar-refractivity contribution in [1.82, 2.24) is 0 Å². The average molecular weight is 231 g/mol. The second-order valence-electron chi connectivity index (χ2n) is 3.55. The van der Waals surface area contributed by atoms with Gasteiger partial charge < -0.3 is 4.74 Å². The Balaban J connectivity index is 3.26. The SMILES string of the molecule is CCOC(=O)c1c(C#N)cccc1CC(C)=O. The third kappa shape index (κ3) is 3.15. The molecule has 0 fully saturated rings. The molecule has 1 aromatic rings. The number of nitriles is 1. The Hall–Kier alpha value is -2.15. The Morgan fingerprint density at radius 1 is 1.41 bits per heavy atom. The molecular formula is C13H13NO3. The lowest BCUT2D eigenvalue weighted by Gasteiger charge is -2.08. The van der Waals surface area contributed by atoms with Crippen LogP contribution in [-0.2, 0) is 16.0 Å². The largest absolute Gasteiger partial charge is 0.462 e. The van der Waals surface area contributed by atoms with Crippen LogP contribution in [0.15, 0.2) is 18.2 Å². The molecule has 0 aliphatic rings. The molecule has 1 aromatic carbocycles. The summed E-state index contributed by atoms with van der Waals surface area (Å²) >= 11 is 0. The van der Waals surface area contributed by atoms with E-state index in [4.69, 9.17) is 10.00 Å². The quantitative estimate of drug-likeness (QED) is 0.742. The van der Waals surface area contributed by atoms with Crippen LogP contribution in [-0.4, -0.2) is 18.4 Å². The van der Waals surface area contributed by atoms with E-state index in [0.717, 1.165) is 0 Å². The highest BCUT2D eigenvalue weighted by atomic mass is 16.5. The minimum Gasteiger partial charge on any atom is -0.462 e. The van der Waals surface area contributed by atoms with Gasteiger partial charge in [-0.2, -0.15) is 5.26 Å². The average Bonchev–Trinajstić information content (AvgIpc) is 2.28. The van der Waals surface area contributed by atoms with E-state index < -0.39 is 5.97 Å². The summed E-state index contributed by atoms with van der Waals surface area (Å²) in [6.45, 7) is 3.36. The second-order valence-corrected chi connectivity index (χ2v) is 3.55. The third-order valence-electron chi connectivity index (χ3n) is 2.19. The summed E-state index contributed by atoms with van der Waals surface area (Å²) in [5, 5.41) is 8.95. The van der Waals surface area contributed by atoms with Crippen molar-refractivity contribution in [1.29, 1.82) is 5.26 Å². The predicted molar refractivity (Wildman–Crippen MR) is 61.5 cm³/mol. The zero-order chi connectivity index (χ0) is 12.8. The minimum absolute atomic E-state index is 0.0642. The van der Waals surface area contributed by atoms with Crippen molar-refractivity contribution in [2.45, 2.75) is 20.3 Å². The van der Waals surface area contributed by atoms with E-state index in [0.29, 0.717) is 5.56 Å². The number of ether oxygens (including phenoxy) is 1. The first-order valence-electron chi connectivity index (χ1n) is 5.28. The van der Waals surface area contributed by atoms with E-state index in [1.54, 1.807) is 19.1 Å². The number of hydrogen-bond acceptors (Lipinski definition) is 4. The second kappa shape index (κ2) is 5.80. The Morgan fingerprint density at radius 3 is 2.65 bits per heavy atom. The molecule has 0 aliphatic carbocycles. The number of Topliss-reactive ketones (excluding diaryl/α,β-unsaturated/α-hetero) is 1. The van der Waals surface area contributed by atoms with Gasteiger partial charge in [0.1, 0.15) is 11.9 Å². The van der Waals surface area contributed by atoms with Crippen molar-refractivity contribution in [3.63, 3.8) is 0 Å². The van der Waals surface area contributed by atoms with Crippen molar-refractivity contribution in [2.24, 2.45) is 0 Å². The van der Waals surface area contributed by atoms with Gasteiger partial charge in [-0.05, 0) is 25.5 Å². The molecule has 0 aromatic heterocycles. The molecule has 17 heavy (non-hydrogen) atoms. The van der Waals surface area contributed by atoms with Gasteiger partial charge in [0.25, 0.3) is 0 Å². The lowest BCUT2D eigenvalue weighted by atomic mass is 9.98. The molecule has 4 heteroatoms. The lowest BCUT2D eigenvalue weighted by molar-refractivity contribution is -0.116. The van der Waals surface area contributed by atoms with Gasteiger partial charge >= 0.3 is 5.97 Å². The fourth-order valence-electron chi connectivity index (χ4n) is 1.55. The van der Waals surface area contributed by atoms with Gasteiger partial charge in [-0.3, -0.25) is 4.79 Å². The maximum absolute atomic E-state index is 11.7. The number of benzene rings is 1. The molecule has 0 unspecified atom stereocenters. The molecule has 0 amide bonds. The molecule has 0 heterocycles. The first kappa shape index (κ1) is 12.9. The zero-order valence-electron chi connectivity index (χ0n) is 9.82. The van der Waals surface area contributed by atoms with Crippen LogP contribution in [0.25, 0.3) is 0 Å². The number of esters is 1. The molecule has 0 atom stereocenters. The highest BCUT2D eigenvalue weighted by molar-refractivity contribution is 5.95. The lowest BCUT2D eigenvalue weighted by Crippen LogP contribution is -2.12. The van der Waals surface area contributed by atoms with E-state index in [2.05, 4.69) is 0 Å². The van der Waals surface area contributed by atoms with E-state index in [1.165, 1.54) is 13.0 Å². The summed E-state index contributed by atoms with van der Waals surface area (Å²) in [5.74, 6) is -0.619. The number of rotatable bonds is 4. The van der Waals surface area contributed by atoms with Crippen LogP contribution in [0.4, 0.5) is 0 Å². The number of nitrogens with zero attached hydrogens (tertiary/aromatic N) is 1. The number of carbonyl (C=O) groups is 2. The van der Waals surface area contributed by atoms with Crippen LogP contribution in [0.5, 0.6) is 0 Å². The predicted octanol–water partition coefficient (Wildman–Crippen LogP) is 1.87. The van der Waals surface area contributed by atoms with Crippen LogP contribution in [0, 0.1) is 11.3 Å². The van der Waals surface area contributed by atoms with Crippen molar-refractivity contribution < 1.29 is 14.3 Å². The van der Waals surface area contributed by atoms with E-state index in [9.17, 15) is 9.59 Å². The maximum Gasteiger partial charge on any atom is 0.339 e. The van der Waals surface area contributed by atoms with E-state index >= 15 is 0 Å². The number of carbonyl (C=O) groups excluding carboxylic acids is 2. The maximum atomic E-state index is 11.7. The molecular weight excluding hydrogens is 218 g/mol. The molecule has 0 N–H and O–H groups in total. The molecule has 0 saturated heterocycles.